The average molecular weight is 411 g/mol. The highest BCUT2D eigenvalue weighted by Crippen LogP contribution is 2.41. The van der Waals surface area contributed by atoms with Crippen molar-refractivity contribution in [3.05, 3.63) is 44.8 Å². The van der Waals surface area contributed by atoms with Crippen LogP contribution < -0.4 is 10.5 Å². The largest absolute Gasteiger partial charge is 0.496 e. The smallest absolute Gasteiger partial charge is 0.153 e. The van der Waals surface area contributed by atoms with Gasteiger partial charge in [-0.25, -0.2) is 4.99 Å². The van der Waals surface area contributed by atoms with Crippen LogP contribution in [0.3, 0.4) is 0 Å². The minimum Gasteiger partial charge on any atom is -0.496 e. The molecule has 150 valence electrons. The van der Waals surface area contributed by atoms with Crippen LogP contribution in [0.25, 0.3) is 0 Å². The summed E-state index contributed by atoms with van der Waals surface area (Å²) in [5.41, 5.74) is 14.3. The molecule has 0 atom stereocenters. The van der Waals surface area contributed by atoms with Gasteiger partial charge < -0.3 is 15.2 Å². The Kier molecular flexibility index (Phi) is 4.44. The first-order chi connectivity index (χ1) is 14.1. The molecule has 0 aromatic carbocycles. The van der Waals surface area contributed by atoms with Crippen molar-refractivity contribution in [2.24, 2.45) is 20.9 Å². The quantitative estimate of drug-likeness (QED) is 0.823. The molecule has 0 saturated heterocycles. The van der Waals surface area contributed by atoms with E-state index in [0.29, 0.717) is 30.6 Å². The van der Waals surface area contributed by atoms with Crippen molar-refractivity contribution in [1.29, 1.82) is 0 Å². The van der Waals surface area contributed by atoms with Crippen LogP contribution in [-0.2, 0) is 11.3 Å². The summed E-state index contributed by atoms with van der Waals surface area (Å²) < 4.78 is 11.2. The minimum absolute atomic E-state index is 0.433. The van der Waals surface area contributed by atoms with Gasteiger partial charge in [0, 0.05) is 28.5 Å². The summed E-state index contributed by atoms with van der Waals surface area (Å²) in [6.45, 7) is 5.00. The number of hydrogen-bond acceptors (Lipinski definition) is 9. The van der Waals surface area contributed by atoms with Gasteiger partial charge in [-0.2, -0.15) is 15.3 Å². The van der Waals surface area contributed by atoms with Gasteiger partial charge in [-0.3, -0.25) is 4.98 Å². The third-order valence-electron chi connectivity index (χ3n) is 5.54. The topological polar surface area (TPSA) is 97.7 Å². The number of nitrogens with zero attached hydrogens (tertiary/aromatic N) is 5. The van der Waals surface area contributed by atoms with Crippen molar-refractivity contribution in [3.8, 4) is 5.75 Å². The van der Waals surface area contributed by atoms with Gasteiger partial charge in [0.25, 0.3) is 0 Å². The molecule has 1 aromatic heterocycles. The molecule has 4 aliphatic rings. The zero-order valence-electron chi connectivity index (χ0n) is 16.7. The van der Waals surface area contributed by atoms with Gasteiger partial charge in [0.1, 0.15) is 23.0 Å². The minimum atomic E-state index is 0.433. The predicted octanol–water partition coefficient (Wildman–Crippen LogP) is 2.63. The van der Waals surface area contributed by atoms with Crippen LogP contribution in [0.1, 0.15) is 29.7 Å². The van der Waals surface area contributed by atoms with Crippen LogP contribution in [0.4, 0.5) is 0 Å². The molecule has 0 spiro atoms. The van der Waals surface area contributed by atoms with Crippen molar-refractivity contribution in [3.63, 3.8) is 0 Å². The van der Waals surface area contributed by atoms with Crippen LogP contribution in [0.15, 0.2) is 43.1 Å². The number of thioether (sulfide) groups is 1. The van der Waals surface area contributed by atoms with Crippen LogP contribution in [0, 0.1) is 13.8 Å². The molecule has 0 bridgehead atoms. The molecule has 0 saturated carbocycles. The van der Waals surface area contributed by atoms with E-state index in [4.69, 9.17) is 25.4 Å². The third kappa shape index (κ3) is 2.96. The second-order valence-corrected chi connectivity index (χ2v) is 8.23. The zero-order valence-corrected chi connectivity index (χ0v) is 17.5. The first-order valence-electron chi connectivity index (χ1n) is 9.52. The molecular weight excluding hydrogens is 388 g/mol. The molecular formula is C20H22N6O2S. The van der Waals surface area contributed by atoms with Gasteiger partial charge in [0.15, 0.2) is 5.84 Å². The normalized spacial score (nSPS) is 20.7. The summed E-state index contributed by atoms with van der Waals surface area (Å²) >= 11 is 1.58. The lowest BCUT2D eigenvalue weighted by Gasteiger charge is -2.23. The molecule has 0 unspecified atom stereocenters. The van der Waals surface area contributed by atoms with E-state index < -0.39 is 0 Å². The van der Waals surface area contributed by atoms with E-state index in [9.17, 15) is 0 Å². The summed E-state index contributed by atoms with van der Waals surface area (Å²) in [7, 11) is 1.68. The Hall–Kier alpha value is -2.65. The molecule has 2 N–H and O–H groups in total. The Morgan fingerprint density at radius 2 is 2.10 bits per heavy atom. The Balaban J connectivity index is 1.54. The van der Waals surface area contributed by atoms with Crippen LogP contribution in [0.5, 0.6) is 5.75 Å². The van der Waals surface area contributed by atoms with Gasteiger partial charge >= 0.3 is 0 Å². The summed E-state index contributed by atoms with van der Waals surface area (Å²) in [5, 5.41) is 12.2. The predicted molar refractivity (Wildman–Crippen MR) is 114 cm³/mol. The molecule has 0 radical (unpaired) electrons. The molecule has 0 fully saturated rings. The SMILES string of the molecule is COc1c(C)cnc(CN2N=C3CCC4=C3C(=N2)C(N)=NC2=C4COCS2)c1C. The van der Waals surface area contributed by atoms with E-state index in [-0.39, 0.29) is 0 Å². The summed E-state index contributed by atoms with van der Waals surface area (Å²) in [6.07, 6.45) is 3.59. The number of aryl methyl sites for hydroxylation is 1. The fourth-order valence-electron chi connectivity index (χ4n) is 4.16. The Labute approximate surface area is 173 Å². The second-order valence-electron chi connectivity index (χ2n) is 7.32. The van der Waals surface area contributed by atoms with Gasteiger partial charge in [-0.15, -0.1) is 0 Å². The number of aromatic nitrogens is 1. The number of rotatable bonds is 3. The van der Waals surface area contributed by atoms with E-state index in [0.717, 1.165) is 57.3 Å². The lowest BCUT2D eigenvalue weighted by molar-refractivity contribution is 0.206. The standard InChI is InChI=1S/C20H22N6O2S/c1-10-6-22-15(11(2)18(10)27-3)7-26-24-14-5-4-12-13-8-28-9-29-20(13)23-19(21)17(25-26)16(12)14/h6H,4-5,7-9H2,1-3H3,(H2,21,23). The number of hydrogen-bond donors (Lipinski definition) is 1. The van der Waals surface area contributed by atoms with Gasteiger partial charge in [-0.1, -0.05) is 11.8 Å². The Morgan fingerprint density at radius 1 is 1.24 bits per heavy atom. The number of hydrazone groups is 2. The molecule has 29 heavy (non-hydrogen) atoms. The first-order valence-corrected chi connectivity index (χ1v) is 10.5. The maximum Gasteiger partial charge on any atom is 0.153 e. The molecule has 1 aromatic rings. The number of amidine groups is 1. The fraction of sp³-hybridized carbons (Fsp3) is 0.400. The summed E-state index contributed by atoms with van der Waals surface area (Å²) in [4.78, 5) is 9.25. The first kappa shape index (κ1) is 18.4. The van der Waals surface area contributed by atoms with Crippen molar-refractivity contribution < 1.29 is 9.47 Å². The van der Waals surface area contributed by atoms with E-state index in [1.807, 2.05) is 20.0 Å². The number of aliphatic imine (C=N–C) groups is 1. The molecule has 8 nitrogen and oxygen atoms in total. The molecule has 0 amide bonds. The van der Waals surface area contributed by atoms with Crippen molar-refractivity contribution in [1.82, 2.24) is 10.1 Å². The molecule has 4 heterocycles. The average Bonchev–Trinajstić information content (AvgIpc) is 3.09. The molecule has 5 rings (SSSR count). The van der Waals surface area contributed by atoms with E-state index in [1.165, 1.54) is 5.57 Å². The Bertz CT molecular complexity index is 1070. The lowest BCUT2D eigenvalue weighted by Crippen LogP contribution is -2.34. The molecule has 1 aliphatic carbocycles. The van der Waals surface area contributed by atoms with E-state index in [1.54, 1.807) is 24.0 Å². The lowest BCUT2D eigenvalue weighted by atomic mass is 9.99. The number of fused-ring (bicyclic) bond motifs is 1. The van der Waals surface area contributed by atoms with Crippen molar-refractivity contribution >= 4 is 29.0 Å². The zero-order chi connectivity index (χ0) is 20.1. The molecule has 3 aliphatic heterocycles. The van der Waals surface area contributed by atoms with Crippen molar-refractivity contribution in [2.75, 3.05) is 19.7 Å². The van der Waals surface area contributed by atoms with E-state index >= 15 is 0 Å². The highest BCUT2D eigenvalue weighted by molar-refractivity contribution is 8.03. The number of nitrogens with two attached hydrogens (primary N) is 1. The van der Waals surface area contributed by atoms with E-state index in [2.05, 4.69) is 9.98 Å². The monoisotopic (exact) mass is 410 g/mol. The highest BCUT2D eigenvalue weighted by atomic mass is 32.2. The maximum atomic E-state index is 6.38. The van der Waals surface area contributed by atoms with Crippen LogP contribution in [0.2, 0.25) is 0 Å². The fourth-order valence-corrected chi connectivity index (χ4v) is 4.96. The highest BCUT2D eigenvalue weighted by Gasteiger charge is 2.36. The summed E-state index contributed by atoms with van der Waals surface area (Å²) in [5.74, 6) is 1.88. The second kappa shape index (κ2) is 7.00. The Morgan fingerprint density at radius 3 is 2.93 bits per heavy atom. The molecule has 9 heteroatoms. The van der Waals surface area contributed by atoms with Crippen LogP contribution in [-0.4, -0.2) is 47.0 Å². The number of pyridine rings is 1. The van der Waals surface area contributed by atoms with Crippen LogP contribution >= 0.6 is 11.8 Å². The van der Waals surface area contributed by atoms with Gasteiger partial charge in [-0.05, 0) is 32.3 Å². The van der Waals surface area contributed by atoms with Gasteiger partial charge in [0.2, 0.25) is 0 Å². The summed E-state index contributed by atoms with van der Waals surface area (Å²) in [6, 6.07) is 0. The maximum absolute atomic E-state index is 6.38. The number of ether oxygens (including phenoxy) is 2. The third-order valence-corrected chi connectivity index (χ3v) is 6.44. The van der Waals surface area contributed by atoms with Gasteiger partial charge in [0.05, 0.1) is 31.1 Å². The van der Waals surface area contributed by atoms with Crippen molar-refractivity contribution in [2.45, 2.75) is 33.2 Å². The number of methoxy groups -OCH3 is 1.